The number of carbonyl (C=O) groups is 2. The molecule has 2 atom stereocenters. The molecule has 0 N–H and O–H groups in total. The standard InChI is InChI=1S/C72H124NO8P/c1-6-8-10-12-14-16-18-20-22-24-26-28-29-30-31-32-33-34-35-36-37-38-39-40-41-42-43-45-47-49-51-53-55-57-59-61-63-65-72(75)81-70(69-80-82(76,77)79-67-66-73(3,4)5)68-78-71(74)64-62-60-58-56-54-52-50-48-46-44-27-25-23-21-19-17-15-13-11-9-7-2/h8-11,14-17,20-23,26-28,30-31,33-34,44,70H,6-7,12-13,18-19,24-25,29,32,35-43,45-69H2,1-5H3/b10-8-,11-9-,16-14-,17-15-,22-20-,23-21-,28-26-,31-30-,34-33-,44-27-. The molecule has 10 heteroatoms. The van der Waals surface area contributed by atoms with Gasteiger partial charge in [-0.05, 0) is 103 Å². The normalized spacial score (nSPS) is 14.0. The summed E-state index contributed by atoms with van der Waals surface area (Å²) in [5.41, 5.74) is 0. The van der Waals surface area contributed by atoms with Gasteiger partial charge in [0.2, 0.25) is 0 Å². The molecule has 0 aliphatic carbocycles. The van der Waals surface area contributed by atoms with Crippen LogP contribution in [-0.4, -0.2) is 70.0 Å². The number of phosphoric acid groups is 1. The molecule has 0 fully saturated rings. The number of esters is 2. The molecule has 0 aliphatic rings. The van der Waals surface area contributed by atoms with Crippen molar-refractivity contribution in [3.63, 3.8) is 0 Å². The van der Waals surface area contributed by atoms with Gasteiger partial charge in [0.15, 0.2) is 6.10 Å². The second-order valence-electron chi connectivity index (χ2n) is 23.1. The Labute approximate surface area is 505 Å². The molecular weight excluding hydrogens is 1040 g/mol. The summed E-state index contributed by atoms with van der Waals surface area (Å²) in [5, 5.41) is 0. The SMILES string of the molecule is CC/C=C\C/C=C\C/C=C\C/C=C\C/C=C\C/C=C\CCCCCCCCCCCCCCCCCCCCC(=O)OC(COC(=O)CCCCCCCCCC/C=C\C/C=C\C/C=C\C/C=C\CC)COP(=O)([O-])OCC[N+](C)(C)C. The van der Waals surface area contributed by atoms with Gasteiger partial charge < -0.3 is 27.9 Å². The molecule has 0 aromatic carbocycles. The average Bonchev–Trinajstić information content (AvgIpc) is 3.46. The molecule has 0 bridgehead atoms. The summed E-state index contributed by atoms with van der Waals surface area (Å²) in [7, 11) is 1.16. The maximum atomic E-state index is 12.8. The van der Waals surface area contributed by atoms with E-state index in [2.05, 4.69) is 135 Å². The number of ether oxygens (including phenoxy) is 2. The van der Waals surface area contributed by atoms with Gasteiger partial charge in [0.25, 0.3) is 7.82 Å². The molecule has 0 aromatic heterocycles. The van der Waals surface area contributed by atoms with E-state index in [9.17, 15) is 19.0 Å². The fourth-order valence-corrected chi connectivity index (χ4v) is 9.68. The van der Waals surface area contributed by atoms with E-state index in [1.165, 1.54) is 122 Å². The number of hydrogen-bond donors (Lipinski definition) is 0. The van der Waals surface area contributed by atoms with Crippen molar-refractivity contribution in [2.75, 3.05) is 47.5 Å². The molecule has 0 rings (SSSR count). The van der Waals surface area contributed by atoms with E-state index in [-0.39, 0.29) is 26.1 Å². The first-order valence-corrected chi connectivity index (χ1v) is 34.7. The molecule has 0 aromatic rings. The Morgan fingerprint density at radius 2 is 0.659 bits per heavy atom. The van der Waals surface area contributed by atoms with Crippen LogP contribution in [0.25, 0.3) is 0 Å². The topological polar surface area (TPSA) is 111 Å². The Morgan fingerprint density at radius 3 is 0.976 bits per heavy atom. The smallest absolute Gasteiger partial charge is 0.306 e. The minimum absolute atomic E-state index is 0.0362. The third-order valence-electron chi connectivity index (χ3n) is 14.0. The van der Waals surface area contributed by atoms with Crippen LogP contribution in [0.1, 0.15) is 271 Å². The maximum absolute atomic E-state index is 12.8. The summed E-state index contributed by atoms with van der Waals surface area (Å²) in [4.78, 5) is 38.0. The van der Waals surface area contributed by atoms with Crippen LogP contribution in [0.2, 0.25) is 0 Å². The molecule has 0 aliphatic heterocycles. The number of nitrogens with zero attached hydrogens (tertiary/aromatic N) is 1. The summed E-state index contributed by atoms with van der Waals surface area (Å²) in [6.07, 6.45) is 88.4. The molecule has 9 nitrogen and oxygen atoms in total. The van der Waals surface area contributed by atoms with Crippen molar-refractivity contribution in [3.8, 4) is 0 Å². The molecule has 0 saturated heterocycles. The second kappa shape index (κ2) is 62.0. The number of allylic oxidation sites excluding steroid dienone is 20. The highest BCUT2D eigenvalue weighted by atomic mass is 31.2. The average molecular weight is 1160 g/mol. The number of phosphoric ester groups is 1. The van der Waals surface area contributed by atoms with Crippen molar-refractivity contribution in [2.45, 2.75) is 277 Å². The summed E-state index contributed by atoms with van der Waals surface area (Å²) in [5.74, 6) is -0.841. The summed E-state index contributed by atoms with van der Waals surface area (Å²) in [6, 6.07) is 0. The Balaban J connectivity index is 4.04. The largest absolute Gasteiger partial charge is 0.756 e. The fraction of sp³-hybridized carbons (Fsp3) is 0.694. The number of carbonyl (C=O) groups excluding carboxylic acids is 2. The van der Waals surface area contributed by atoms with Crippen molar-refractivity contribution < 1.29 is 42.1 Å². The monoisotopic (exact) mass is 1160 g/mol. The Kier molecular flexibility index (Phi) is 59.2. The number of likely N-dealkylation sites (N-methyl/N-ethyl adjacent to an activating group) is 1. The van der Waals surface area contributed by atoms with Crippen LogP contribution in [-0.2, 0) is 32.7 Å². The highest BCUT2D eigenvalue weighted by Crippen LogP contribution is 2.38. The van der Waals surface area contributed by atoms with Gasteiger partial charge in [-0.3, -0.25) is 14.2 Å². The number of hydrogen-bond acceptors (Lipinski definition) is 8. The van der Waals surface area contributed by atoms with E-state index in [0.717, 1.165) is 116 Å². The van der Waals surface area contributed by atoms with Gasteiger partial charge >= 0.3 is 11.9 Å². The highest BCUT2D eigenvalue weighted by molar-refractivity contribution is 7.45. The first kappa shape index (κ1) is 78.4. The third kappa shape index (κ3) is 65.6. The van der Waals surface area contributed by atoms with Crippen LogP contribution < -0.4 is 4.89 Å². The van der Waals surface area contributed by atoms with Gasteiger partial charge in [-0.15, -0.1) is 0 Å². The molecule has 0 heterocycles. The van der Waals surface area contributed by atoms with Crippen LogP contribution >= 0.6 is 7.82 Å². The predicted molar refractivity (Wildman–Crippen MR) is 351 cm³/mol. The van der Waals surface area contributed by atoms with E-state index in [4.69, 9.17) is 18.5 Å². The predicted octanol–water partition coefficient (Wildman–Crippen LogP) is 20.9. The van der Waals surface area contributed by atoms with Gasteiger partial charge in [0.05, 0.1) is 27.7 Å². The zero-order valence-corrected chi connectivity index (χ0v) is 54.3. The Hall–Kier alpha value is -3.59. The van der Waals surface area contributed by atoms with E-state index in [1.54, 1.807) is 0 Å². The second-order valence-corrected chi connectivity index (χ2v) is 24.5. The van der Waals surface area contributed by atoms with Crippen LogP contribution in [0.4, 0.5) is 0 Å². The van der Waals surface area contributed by atoms with Crippen LogP contribution in [0.15, 0.2) is 122 Å². The summed E-state index contributed by atoms with van der Waals surface area (Å²) < 4.78 is 34.3. The van der Waals surface area contributed by atoms with Crippen molar-refractivity contribution in [1.29, 1.82) is 0 Å². The molecule has 470 valence electrons. The van der Waals surface area contributed by atoms with Gasteiger partial charge in [0.1, 0.15) is 19.8 Å². The molecule has 0 spiro atoms. The number of unbranched alkanes of at least 4 members (excludes halogenated alkanes) is 26. The van der Waals surface area contributed by atoms with E-state index >= 15 is 0 Å². The summed E-state index contributed by atoms with van der Waals surface area (Å²) in [6.45, 7) is 4.01. The molecular formula is C72H124NO8P. The molecule has 0 radical (unpaired) electrons. The molecule has 82 heavy (non-hydrogen) atoms. The maximum Gasteiger partial charge on any atom is 0.306 e. The minimum atomic E-state index is -4.65. The van der Waals surface area contributed by atoms with Gasteiger partial charge in [0, 0.05) is 12.8 Å². The van der Waals surface area contributed by atoms with Crippen LogP contribution in [0, 0.1) is 0 Å². The first-order valence-electron chi connectivity index (χ1n) is 33.2. The Morgan fingerprint density at radius 1 is 0.378 bits per heavy atom. The zero-order chi connectivity index (χ0) is 59.8. The van der Waals surface area contributed by atoms with Crippen molar-refractivity contribution in [2.24, 2.45) is 0 Å². The van der Waals surface area contributed by atoms with Crippen LogP contribution in [0.5, 0.6) is 0 Å². The molecule has 2 unspecified atom stereocenters. The van der Waals surface area contributed by atoms with E-state index < -0.39 is 32.5 Å². The van der Waals surface area contributed by atoms with E-state index in [1.807, 2.05) is 21.1 Å². The number of quaternary nitrogens is 1. The zero-order valence-electron chi connectivity index (χ0n) is 53.4. The number of rotatable bonds is 60. The van der Waals surface area contributed by atoms with E-state index in [0.29, 0.717) is 17.4 Å². The lowest BCUT2D eigenvalue weighted by atomic mass is 10.0. The fourth-order valence-electron chi connectivity index (χ4n) is 8.95. The third-order valence-corrected chi connectivity index (χ3v) is 14.9. The Bertz CT molecular complexity index is 1800. The minimum Gasteiger partial charge on any atom is -0.756 e. The lowest BCUT2D eigenvalue weighted by molar-refractivity contribution is -0.870. The van der Waals surface area contributed by atoms with Crippen LogP contribution in [0.3, 0.4) is 0 Å². The lowest BCUT2D eigenvalue weighted by Crippen LogP contribution is -2.37. The highest BCUT2D eigenvalue weighted by Gasteiger charge is 2.22. The first-order chi connectivity index (χ1) is 40.0. The van der Waals surface area contributed by atoms with Crippen molar-refractivity contribution >= 4 is 19.8 Å². The summed E-state index contributed by atoms with van der Waals surface area (Å²) >= 11 is 0. The van der Waals surface area contributed by atoms with Crippen molar-refractivity contribution in [1.82, 2.24) is 0 Å². The quantitative estimate of drug-likeness (QED) is 0.0195. The van der Waals surface area contributed by atoms with Gasteiger partial charge in [-0.25, -0.2) is 0 Å². The van der Waals surface area contributed by atoms with Gasteiger partial charge in [-0.1, -0.05) is 277 Å². The van der Waals surface area contributed by atoms with Gasteiger partial charge in [-0.2, -0.15) is 0 Å². The molecule has 0 saturated carbocycles. The molecule has 0 amide bonds. The lowest BCUT2D eigenvalue weighted by Gasteiger charge is -2.28. The van der Waals surface area contributed by atoms with Crippen molar-refractivity contribution in [3.05, 3.63) is 122 Å².